The maximum absolute atomic E-state index is 8.49. The first kappa shape index (κ1) is 7.60. The van der Waals surface area contributed by atoms with Crippen LogP contribution in [-0.4, -0.2) is 0 Å². The molecule has 0 radical (unpaired) electrons. The third-order valence-electron chi connectivity index (χ3n) is 2.47. The lowest BCUT2D eigenvalue weighted by Gasteiger charge is -2.07. The largest absolute Gasteiger partial charge is 0.198 e. The molecular formula is C9H15N. The Hall–Kier alpha value is -0.510. The van der Waals surface area contributed by atoms with E-state index in [1.165, 1.54) is 32.1 Å². The van der Waals surface area contributed by atoms with E-state index in [0.717, 1.165) is 6.42 Å². The zero-order chi connectivity index (χ0) is 7.45. The van der Waals surface area contributed by atoms with Crippen LogP contribution < -0.4 is 0 Å². The van der Waals surface area contributed by atoms with Crippen LogP contribution in [0, 0.1) is 16.7 Å². The van der Waals surface area contributed by atoms with Crippen molar-refractivity contribution in [1.82, 2.24) is 0 Å². The molecule has 10 heavy (non-hydrogen) atoms. The molecule has 1 nitrogen and oxygen atoms in total. The molecule has 0 aromatic heterocycles. The van der Waals surface area contributed by atoms with Crippen LogP contribution in [0.3, 0.4) is 0 Å². The average molecular weight is 137 g/mol. The zero-order valence-corrected chi connectivity index (χ0v) is 6.69. The Kier molecular flexibility index (Phi) is 2.32. The van der Waals surface area contributed by atoms with Gasteiger partial charge in [-0.25, -0.2) is 0 Å². The van der Waals surface area contributed by atoms with Crippen LogP contribution in [-0.2, 0) is 0 Å². The van der Waals surface area contributed by atoms with Gasteiger partial charge in [-0.05, 0) is 24.7 Å². The smallest absolute Gasteiger partial charge is 0.0627 e. The van der Waals surface area contributed by atoms with Crippen molar-refractivity contribution < 1.29 is 0 Å². The van der Waals surface area contributed by atoms with E-state index in [2.05, 4.69) is 13.0 Å². The molecule has 1 aliphatic carbocycles. The van der Waals surface area contributed by atoms with Gasteiger partial charge in [0, 0.05) is 6.42 Å². The second kappa shape index (κ2) is 3.05. The number of rotatable bonds is 4. The number of hydrogen-bond donors (Lipinski definition) is 0. The van der Waals surface area contributed by atoms with Gasteiger partial charge < -0.3 is 0 Å². The molecule has 1 rings (SSSR count). The summed E-state index contributed by atoms with van der Waals surface area (Å²) in [5.41, 5.74) is 0.491. The summed E-state index contributed by atoms with van der Waals surface area (Å²) in [4.78, 5) is 0. The Morgan fingerprint density at radius 1 is 1.50 bits per heavy atom. The Morgan fingerprint density at radius 3 is 2.60 bits per heavy atom. The molecule has 0 aromatic rings. The Balaban J connectivity index is 2.18. The molecule has 0 spiro atoms. The average Bonchev–Trinajstić information content (AvgIpc) is 2.67. The second-order valence-electron chi connectivity index (χ2n) is 3.44. The fourth-order valence-electron chi connectivity index (χ4n) is 1.41. The molecule has 0 atom stereocenters. The summed E-state index contributed by atoms with van der Waals surface area (Å²) in [6, 6.07) is 2.28. The zero-order valence-electron chi connectivity index (χ0n) is 6.69. The van der Waals surface area contributed by atoms with Crippen molar-refractivity contribution in [2.75, 3.05) is 0 Å². The molecule has 0 aromatic carbocycles. The van der Waals surface area contributed by atoms with E-state index in [4.69, 9.17) is 5.26 Å². The van der Waals surface area contributed by atoms with Crippen LogP contribution >= 0.6 is 0 Å². The molecule has 0 heterocycles. The Bertz CT molecular complexity index is 139. The molecule has 0 amide bonds. The maximum atomic E-state index is 8.49. The SMILES string of the molecule is CCCCC1(CC#N)CC1. The molecule has 0 N–H and O–H groups in total. The minimum atomic E-state index is 0.491. The lowest BCUT2D eigenvalue weighted by atomic mass is 9.96. The quantitative estimate of drug-likeness (QED) is 0.584. The third-order valence-corrected chi connectivity index (χ3v) is 2.47. The summed E-state index contributed by atoms with van der Waals surface area (Å²) < 4.78 is 0. The molecule has 0 aliphatic heterocycles. The van der Waals surface area contributed by atoms with E-state index in [9.17, 15) is 0 Å². The van der Waals surface area contributed by atoms with Crippen molar-refractivity contribution in [2.45, 2.75) is 45.4 Å². The van der Waals surface area contributed by atoms with Gasteiger partial charge in [-0.3, -0.25) is 0 Å². The first-order valence-corrected chi connectivity index (χ1v) is 4.20. The van der Waals surface area contributed by atoms with Crippen molar-refractivity contribution in [2.24, 2.45) is 5.41 Å². The lowest BCUT2D eigenvalue weighted by Crippen LogP contribution is -1.97. The van der Waals surface area contributed by atoms with Crippen LogP contribution in [0.15, 0.2) is 0 Å². The number of hydrogen-bond acceptors (Lipinski definition) is 1. The normalized spacial score (nSPS) is 20.0. The molecule has 56 valence electrons. The molecule has 0 saturated heterocycles. The molecule has 1 saturated carbocycles. The summed E-state index contributed by atoms with van der Waals surface area (Å²) in [5, 5.41) is 8.49. The van der Waals surface area contributed by atoms with Gasteiger partial charge in [0.15, 0.2) is 0 Å². The summed E-state index contributed by atoms with van der Waals surface area (Å²) in [5.74, 6) is 0. The van der Waals surface area contributed by atoms with Crippen LogP contribution in [0.1, 0.15) is 45.4 Å². The maximum Gasteiger partial charge on any atom is 0.0627 e. The van der Waals surface area contributed by atoms with E-state index in [-0.39, 0.29) is 0 Å². The summed E-state index contributed by atoms with van der Waals surface area (Å²) in [6.07, 6.45) is 7.28. The van der Waals surface area contributed by atoms with Gasteiger partial charge in [-0.1, -0.05) is 19.8 Å². The van der Waals surface area contributed by atoms with Gasteiger partial charge in [0.1, 0.15) is 0 Å². The van der Waals surface area contributed by atoms with Gasteiger partial charge in [-0.2, -0.15) is 5.26 Å². The van der Waals surface area contributed by atoms with Crippen LogP contribution in [0.25, 0.3) is 0 Å². The van der Waals surface area contributed by atoms with E-state index in [1.54, 1.807) is 0 Å². The van der Waals surface area contributed by atoms with Gasteiger partial charge in [0.05, 0.1) is 6.07 Å². The van der Waals surface area contributed by atoms with Crippen molar-refractivity contribution in [1.29, 1.82) is 5.26 Å². The van der Waals surface area contributed by atoms with Gasteiger partial charge in [0.25, 0.3) is 0 Å². The predicted molar refractivity (Wildman–Crippen MR) is 41.4 cm³/mol. The van der Waals surface area contributed by atoms with Crippen molar-refractivity contribution in [3.05, 3.63) is 0 Å². The molecular weight excluding hydrogens is 122 g/mol. The molecule has 1 fully saturated rings. The van der Waals surface area contributed by atoms with Gasteiger partial charge >= 0.3 is 0 Å². The minimum absolute atomic E-state index is 0.491. The highest BCUT2D eigenvalue weighted by molar-refractivity contribution is 4.98. The van der Waals surface area contributed by atoms with E-state index < -0.39 is 0 Å². The molecule has 0 bridgehead atoms. The molecule has 1 aliphatic rings. The standard InChI is InChI=1S/C9H15N/c1-2-3-4-9(5-6-9)7-8-10/h2-7H2,1H3. The van der Waals surface area contributed by atoms with Gasteiger partial charge in [0.2, 0.25) is 0 Å². The topological polar surface area (TPSA) is 23.8 Å². The monoisotopic (exact) mass is 137 g/mol. The number of nitrogens with zero attached hydrogens (tertiary/aromatic N) is 1. The highest BCUT2D eigenvalue weighted by Gasteiger charge is 2.41. The number of nitriles is 1. The molecule has 1 heteroatoms. The van der Waals surface area contributed by atoms with E-state index >= 15 is 0 Å². The van der Waals surface area contributed by atoms with Gasteiger partial charge in [-0.15, -0.1) is 0 Å². The summed E-state index contributed by atoms with van der Waals surface area (Å²) in [6.45, 7) is 2.21. The fourth-order valence-corrected chi connectivity index (χ4v) is 1.41. The van der Waals surface area contributed by atoms with Crippen LogP contribution in [0.4, 0.5) is 0 Å². The minimum Gasteiger partial charge on any atom is -0.198 e. The van der Waals surface area contributed by atoms with Crippen molar-refractivity contribution in [3.63, 3.8) is 0 Å². The highest BCUT2D eigenvalue weighted by atomic mass is 14.5. The first-order valence-electron chi connectivity index (χ1n) is 4.20. The molecule has 0 unspecified atom stereocenters. The summed E-state index contributed by atoms with van der Waals surface area (Å²) >= 11 is 0. The summed E-state index contributed by atoms with van der Waals surface area (Å²) in [7, 11) is 0. The van der Waals surface area contributed by atoms with Crippen molar-refractivity contribution >= 4 is 0 Å². The fraction of sp³-hybridized carbons (Fsp3) is 0.889. The first-order chi connectivity index (χ1) is 4.83. The van der Waals surface area contributed by atoms with E-state index in [0.29, 0.717) is 5.41 Å². The van der Waals surface area contributed by atoms with Crippen LogP contribution in [0.2, 0.25) is 0 Å². The van der Waals surface area contributed by atoms with E-state index in [1.807, 2.05) is 0 Å². The third kappa shape index (κ3) is 1.73. The Morgan fingerprint density at radius 2 is 2.20 bits per heavy atom. The number of unbranched alkanes of at least 4 members (excludes halogenated alkanes) is 1. The van der Waals surface area contributed by atoms with Crippen molar-refractivity contribution in [3.8, 4) is 6.07 Å². The Labute approximate surface area is 63.0 Å². The predicted octanol–water partition coefficient (Wildman–Crippen LogP) is 2.87. The second-order valence-corrected chi connectivity index (χ2v) is 3.44. The van der Waals surface area contributed by atoms with Crippen LogP contribution in [0.5, 0.6) is 0 Å². The lowest BCUT2D eigenvalue weighted by molar-refractivity contribution is 0.455. The highest BCUT2D eigenvalue weighted by Crippen LogP contribution is 2.52.